The molecule has 1 heterocycles. The van der Waals surface area contributed by atoms with Gasteiger partial charge in [-0.3, -0.25) is 0 Å². The minimum absolute atomic E-state index is 0.176. The fourth-order valence-electron chi connectivity index (χ4n) is 1.74. The van der Waals surface area contributed by atoms with E-state index < -0.39 is 0 Å². The van der Waals surface area contributed by atoms with Gasteiger partial charge in [-0.05, 0) is 18.6 Å². The van der Waals surface area contributed by atoms with E-state index in [0.29, 0.717) is 6.54 Å². The maximum atomic E-state index is 6.22. The SMILES string of the molecule is CC(c1ccccc1Cl)N(C)c1ncc(CN)s1. The summed E-state index contributed by atoms with van der Waals surface area (Å²) >= 11 is 7.84. The molecule has 0 bridgehead atoms. The highest BCUT2D eigenvalue weighted by Gasteiger charge is 2.17. The van der Waals surface area contributed by atoms with Gasteiger partial charge in [0.05, 0.1) is 6.04 Å². The van der Waals surface area contributed by atoms with Crippen molar-refractivity contribution in [1.29, 1.82) is 0 Å². The third-order valence-electron chi connectivity index (χ3n) is 2.98. The van der Waals surface area contributed by atoms with Crippen LogP contribution in [0.4, 0.5) is 5.13 Å². The van der Waals surface area contributed by atoms with Gasteiger partial charge in [0, 0.05) is 29.7 Å². The van der Waals surface area contributed by atoms with Crippen molar-refractivity contribution in [3.05, 3.63) is 45.9 Å². The van der Waals surface area contributed by atoms with E-state index in [-0.39, 0.29) is 6.04 Å². The first kappa shape index (κ1) is 13.3. The average molecular weight is 282 g/mol. The zero-order chi connectivity index (χ0) is 13.1. The second kappa shape index (κ2) is 5.69. The zero-order valence-corrected chi connectivity index (χ0v) is 12.0. The molecule has 2 N–H and O–H groups in total. The molecule has 0 aliphatic carbocycles. The fraction of sp³-hybridized carbons (Fsp3) is 0.308. The summed E-state index contributed by atoms with van der Waals surface area (Å²) < 4.78 is 0. The largest absolute Gasteiger partial charge is 0.344 e. The van der Waals surface area contributed by atoms with Crippen molar-refractivity contribution in [2.45, 2.75) is 19.5 Å². The Morgan fingerprint density at radius 2 is 2.17 bits per heavy atom. The number of halogens is 1. The van der Waals surface area contributed by atoms with Gasteiger partial charge in [0.2, 0.25) is 0 Å². The Morgan fingerprint density at radius 3 is 2.78 bits per heavy atom. The van der Waals surface area contributed by atoms with Gasteiger partial charge >= 0.3 is 0 Å². The molecule has 5 heteroatoms. The molecule has 1 unspecified atom stereocenters. The summed E-state index contributed by atoms with van der Waals surface area (Å²) in [4.78, 5) is 7.59. The van der Waals surface area contributed by atoms with Gasteiger partial charge in [-0.2, -0.15) is 0 Å². The van der Waals surface area contributed by atoms with Crippen molar-refractivity contribution < 1.29 is 0 Å². The molecule has 0 saturated carbocycles. The predicted octanol–water partition coefficient (Wildman–Crippen LogP) is 3.45. The van der Waals surface area contributed by atoms with E-state index in [1.807, 2.05) is 37.5 Å². The molecule has 1 aromatic carbocycles. The van der Waals surface area contributed by atoms with Crippen molar-refractivity contribution in [3.8, 4) is 0 Å². The van der Waals surface area contributed by atoms with E-state index in [9.17, 15) is 0 Å². The van der Waals surface area contributed by atoms with Crippen LogP contribution in [-0.2, 0) is 6.54 Å². The molecule has 96 valence electrons. The lowest BCUT2D eigenvalue weighted by atomic mass is 10.1. The first-order chi connectivity index (χ1) is 8.63. The molecule has 0 amide bonds. The summed E-state index contributed by atoms with van der Waals surface area (Å²) in [5.41, 5.74) is 6.71. The lowest BCUT2D eigenvalue weighted by Gasteiger charge is -2.25. The molecule has 0 spiro atoms. The predicted molar refractivity (Wildman–Crippen MR) is 78.3 cm³/mol. The minimum Gasteiger partial charge on any atom is -0.344 e. The van der Waals surface area contributed by atoms with E-state index in [1.165, 1.54) is 0 Å². The number of aromatic nitrogens is 1. The average Bonchev–Trinajstić information content (AvgIpc) is 2.86. The Balaban J connectivity index is 2.23. The van der Waals surface area contributed by atoms with Crippen molar-refractivity contribution in [2.75, 3.05) is 11.9 Å². The lowest BCUT2D eigenvalue weighted by molar-refractivity contribution is 0.737. The number of hydrogen-bond donors (Lipinski definition) is 1. The van der Waals surface area contributed by atoms with E-state index in [4.69, 9.17) is 17.3 Å². The third kappa shape index (κ3) is 2.66. The molecule has 1 aromatic heterocycles. The number of thiazole rings is 1. The lowest BCUT2D eigenvalue weighted by Crippen LogP contribution is -2.21. The molecular formula is C13H16ClN3S. The smallest absolute Gasteiger partial charge is 0.185 e. The van der Waals surface area contributed by atoms with Crippen LogP contribution < -0.4 is 10.6 Å². The van der Waals surface area contributed by atoms with Gasteiger partial charge in [0.25, 0.3) is 0 Å². The zero-order valence-electron chi connectivity index (χ0n) is 10.4. The Bertz CT molecular complexity index is 526. The molecule has 1 atom stereocenters. The summed E-state index contributed by atoms with van der Waals surface area (Å²) in [6.07, 6.45) is 1.83. The maximum Gasteiger partial charge on any atom is 0.185 e. The van der Waals surface area contributed by atoms with Crippen molar-refractivity contribution in [3.63, 3.8) is 0 Å². The van der Waals surface area contributed by atoms with Crippen LogP contribution in [-0.4, -0.2) is 12.0 Å². The highest BCUT2D eigenvalue weighted by molar-refractivity contribution is 7.15. The summed E-state index contributed by atoms with van der Waals surface area (Å²) in [6.45, 7) is 2.65. The monoisotopic (exact) mass is 281 g/mol. The number of nitrogens with two attached hydrogens (primary N) is 1. The number of anilines is 1. The van der Waals surface area contributed by atoms with Gasteiger partial charge in [-0.15, -0.1) is 11.3 Å². The van der Waals surface area contributed by atoms with Gasteiger partial charge in [0.15, 0.2) is 5.13 Å². The first-order valence-electron chi connectivity index (χ1n) is 5.75. The number of rotatable bonds is 4. The van der Waals surface area contributed by atoms with Crippen LogP contribution in [0.3, 0.4) is 0 Å². The highest BCUT2D eigenvalue weighted by Crippen LogP contribution is 2.31. The van der Waals surface area contributed by atoms with Crippen LogP contribution in [0.25, 0.3) is 0 Å². The van der Waals surface area contributed by atoms with Crippen molar-refractivity contribution >= 4 is 28.1 Å². The van der Waals surface area contributed by atoms with Gasteiger partial charge in [-0.1, -0.05) is 29.8 Å². The van der Waals surface area contributed by atoms with E-state index in [0.717, 1.165) is 20.6 Å². The molecule has 2 rings (SSSR count). The molecule has 0 aliphatic heterocycles. The second-order valence-corrected chi connectivity index (χ2v) is 5.62. The first-order valence-corrected chi connectivity index (χ1v) is 6.95. The third-order valence-corrected chi connectivity index (χ3v) is 4.43. The van der Waals surface area contributed by atoms with Gasteiger partial charge < -0.3 is 10.6 Å². The summed E-state index contributed by atoms with van der Waals surface area (Å²) in [6, 6.07) is 8.07. The van der Waals surface area contributed by atoms with E-state index in [2.05, 4.69) is 16.8 Å². The Labute approximate surface area is 116 Å². The molecule has 0 aliphatic rings. The summed E-state index contributed by atoms with van der Waals surface area (Å²) in [7, 11) is 2.02. The van der Waals surface area contributed by atoms with Crippen LogP contribution in [0.2, 0.25) is 5.02 Å². The maximum absolute atomic E-state index is 6.22. The molecule has 18 heavy (non-hydrogen) atoms. The van der Waals surface area contributed by atoms with Crippen molar-refractivity contribution in [2.24, 2.45) is 5.73 Å². The molecule has 0 saturated heterocycles. The Hall–Kier alpha value is -1.10. The topological polar surface area (TPSA) is 42.2 Å². The van der Waals surface area contributed by atoms with Crippen molar-refractivity contribution in [1.82, 2.24) is 4.98 Å². The minimum atomic E-state index is 0.176. The van der Waals surface area contributed by atoms with E-state index >= 15 is 0 Å². The molecular weight excluding hydrogens is 266 g/mol. The molecule has 0 fully saturated rings. The normalized spacial score (nSPS) is 12.4. The van der Waals surface area contributed by atoms with Crippen LogP contribution in [0.5, 0.6) is 0 Å². The number of hydrogen-bond acceptors (Lipinski definition) is 4. The second-order valence-electron chi connectivity index (χ2n) is 4.12. The summed E-state index contributed by atoms with van der Waals surface area (Å²) in [5.74, 6) is 0. The fourth-order valence-corrected chi connectivity index (χ4v) is 2.87. The summed E-state index contributed by atoms with van der Waals surface area (Å²) in [5, 5.41) is 1.75. The molecule has 0 radical (unpaired) electrons. The number of nitrogens with zero attached hydrogens (tertiary/aromatic N) is 2. The number of benzene rings is 1. The standard InChI is InChI=1S/C13H16ClN3S/c1-9(11-5-3-4-6-12(11)14)17(2)13-16-8-10(7-15)18-13/h3-6,8-9H,7,15H2,1-2H3. The molecule has 3 nitrogen and oxygen atoms in total. The van der Waals surface area contributed by atoms with Crippen LogP contribution in [0, 0.1) is 0 Å². The van der Waals surface area contributed by atoms with Gasteiger partial charge in [-0.25, -0.2) is 4.98 Å². The Morgan fingerprint density at radius 1 is 1.44 bits per heavy atom. The molecule has 2 aromatic rings. The van der Waals surface area contributed by atoms with E-state index in [1.54, 1.807) is 11.3 Å². The van der Waals surface area contributed by atoms with Crippen LogP contribution >= 0.6 is 22.9 Å². The quantitative estimate of drug-likeness (QED) is 0.933. The van der Waals surface area contributed by atoms with Crippen LogP contribution in [0.15, 0.2) is 30.5 Å². The highest BCUT2D eigenvalue weighted by atomic mass is 35.5. The van der Waals surface area contributed by atoms with Gasteiger partial charge in [0.1, 0.15) is 0 Å². The Kier molecular flexibility index (Phi) is 4.22. The van der Waals surface area contributed by atoms with Crippen LogP contribution in [0.1, 0.15) is 23.4 Å².